The summed E-state index contributed by atoms with van der Waals surface area (Å²) in [7, 11) is 0. The molecule has 1 aromatic heterocycles. The molecule has 178 valence electrons. The summed E-state index contributed by atoms with van der Waals surface area (Å²) in [5.74, 6) is 2.37. The maximum atomic E-state index is 12.9. The molecule has 2 aromatic rings. The second-order valence-electron chi connectivity index (χ2n) is 10.3. The van der Waals surface area contributed by atoms with Crippen LogP contribution < -0.4 is 11.1 Å². The molecule has 34 heavy (non-hydrogen) atoms. The normalized spacial score (nSPS) is 19.1. The molecule has 2 amide bonds. The summed E-state index contributed by atoms with van der Waals surface area (Å²) < 4.78 is 0. The fourth-order valence-corrected chi connectivity index (χ4v) is 4.75. The van der Waals surface area contributed by atoms with E-state index in [2.05, 4.69) is 47.2 Å². The van der Waals surface area contributed by atoms with Crippen LogP contribution in [-0.4, -0.2) is 39.8 Å². The molecule has 0 bridgehead atoms. The van der Waals surface area contributed by atoms with Crippen molar-refractivity contribution in [1.29, 1.82) is 0 Å². The quantitative estimate of drug-likeness (QED) is 0.601. The van der Waals surface area contributed by atoms with Crippen molar-refractivity contribution in [2.75, 3.05) is 18.4 Å². The number of hydrogen-bond acceptors (Lipinski definition) is 4. The largest absolute Gasteiger partial charge is 0.343 e. The monoisotopic (exact) mass is 459 g/mol. The van der Waals surface area contributed by atoms with Gasteiger partial charge in [-0.15, -0.1) is 6.42 Å². The van der Waals surface area contributed by atoms with Crippen molar-refractivity contribution in [3.63, 3.8) is 0 Å². The van der Waals surface area contributed by atoms with Crippen LogP contribution >= 0.6 is 0 Å². The summed E-state index contributed by atoms with van der Waals surface area (Å²) in [4.78, 5) is 33.4. The lowest BCUT2D eigenvalue weighted by Gasteiger charge is -2.39. The number of nitrogens with two attached hydrogens (primary N) is 1. The van der Waals surface area contributed by atoms with Crippen molar-refractivity contribution in [1.82, 2.24) is 14.9 Å². The van der Waals surface area contributed by atoms with Crippen LogP contribution in [0.3, 0.4) is 0 Å². The van der Waals surface area contributed by atoms with Gasteiger partial charge in [-0.1, -0.05) is 31.9 Å². The third kappa shape index (κ3) is 4.92. The Bertz CT molecular complexity index is 1180. The van der Waals surface area contributed by atoms with Gasteiger partial charge in [-0.2, -0.15) is 0 Å². The minimum absolute atomic E-state index is 0.0849. The van der Waals surface area contributed by atoms with E-state index in [4.69, 9.17) is 12.2 Å². The van der Waals surface area contributed by atoms with Gasteiger partial charge in [0.1, 0.15) is 5.69 Å². The molecular formula is C27H33N5O2. The molecule has 1 aromatic carbocycles. The molecule has 1 saturated heterocycles. The zero-order chi connectivity index (χ0) is 24.5. The Morgan fingerprint density at radius 1 is 1.24 bits per heavy atom. The Kier molecular flexibility index (Phi) is 6.37. The number of aromatic amines is 1. The van der Waals surface area contributed by atoms with Gasteiger partial charge in [0.05, 0.1) is 6.20 Å². The Labute approximate surface area is 201 Å². The fraction of sp³-hybridized carbons (Fsp3) is 0.444. The van der Waals surface area contributed by atoms with Gasteiger partial charge in [-0.25, -0.2) is 4.98 Å². The van der Waals surface area contributed by atoms with Crippen LogP contribution in [0.25, 0.3) is 5.57 Å². The van der Waals surface area contributed by atoms with Gasteiger partial charge in [0.15, 0.2) is 5.82 Å². The lowest BCUT2D eigenvalue weighted by Crippen LogP contribution is -2.49. The van der Waals surface area contributed by atoms with E-state index in [-0.39, 0.29) is 23.1 Å². The van der Waals surface area contributed by atoms with Crippen molar-refractivity contribution >= 4 is 23.1 Å². The van der Waals surface area contributed by atoms with Crippen molar-refractivity contribution in [2.24, 2.45) is 11.1 Å². The zero-order valence-corrected chi connectivity index (χ0v) is 20.2. The zero-order valence-electron chi connectivity index (χ0n) is 20.2. The van der Waals surface area contributed by atoms with E-state index in [0.717, 1.165) is 36.1 Å². The number of aromatic nitrogens is 2. The maximum Gasteiger partial charge on any atom is 0.291 e. The summed E-state index contributed by atoms with van der Waals surface area (Å²) in [6.07, 6.45) is 13.5. The smallest absolute Gasteiger partial charge is 0.291 e. The average Bonchev–Trinajstić information content (AvgIpc) is 3.29. The highest BCUT2D eigenvalue weighted by atomic mass is 16.2. The van der Waals surface area contributed by atoms with Gasteiger partial charge >= 0.3 is 0 Å². The number of imidazole rings is 1. The van der Waals surface area contributed by atoms with Crippen LogP contribution in [0.5, 0.6) is 0 Å². The van der Waals surface area contributed by atoms with E-state index >= 15 is 0 Å². The summed E-state index contributed by atoms with van der Waals surface area (Å²) in [5, 5.41) is 3.01. The van der Waals surface area contributed by atoms with Gasteiger partial charge < -0.3 is 20.9 Å². The summed E-state index contributed by atoms with van der Waals surface area (Å²) >= 11 is 0. The highest BCUT2D eigenvalue weighted by Gasteiger charge is 2.34. The number of hydrogen-bond donors (Lipinski definition) is 3. The molecule has 2 heterocycles. The lowest BCUT2D eigenvalue weighted by molar-refractivity contribution is -0.130. The molecule has 7 nitrogen and oxygen atoms in total. The van der Waals surface area contributed by atoms with Crippen molar-refractivity contribution in [2.45, 2.75) is 58.4 Å². The van der Waals surface area contributed by atoms with Crippen LogP contribution in [0.4, 0.5) is 5.69 Å². The van der Waals surface area contributed by atoms with Crippen LogP contribution in [0.1, 0.15) is 80.3 Å². The molecule has 0 unspecified atom stereocenters. The SMILES string of the molecule is C#Cc1cnc(C(=O)Nc2ccc(C3(N)CCN(C(C)=O)CC3)cc2C2=CCC(C)(C)CC2)[nH]1. The van der Waals surface area contributed by atoms with Crippen LogP contribution in [0, 0.1) is 17.8 Å². The van der Waals surface area contributed by atoms with Crippen LogP contribution in [-0.2, 0) is 10.3 Å². The summed E-state index contributed by atoms with van der Waals surface area (Å²) in [5.41, 5.74) is 11.0. The van der Waals surface area contributed by atoms with E-state index < -0.39 is 5.54 Å². The summed E-state index contributed by atoms with van der Waals surface area (Å²) in [6.45, 7) is 7.44. The number of likely N-dealkylation sites (tertiary alicyclic amines) is 1. The van der Waals surface area contributed by atoms with Crippen molar-refractivity contribution in [3.05, 3.63) is 53.1 Å². The highest BCUT2D eigenvalue weighted by molar-refractivity contribution is 6.03. The number of anilines is 1. The molecule has 1 aliphatic carbocycles. The first-order valence-electron chi connectivity index (χ1n) is 11.8. The first kappa shape index (κ1) is 23.8. The Balaban J connectivity index is 1.66. The van der Waals surface area contributed by atoms with Crippen LogP contribution in [0.15, 0.2) is 30.5 Å². The third-order valence-corrected chi connectivity index (χ3v) is 7.21. The Hall–Kier alpha value is -3.37. The second kappa shape index (κ2) is 9.11. The lowest BCUT2D eigenvalue weighted by atomic mass is 9.75. The van der Waals surface area contributed by atoms with E-state index in [0.29, 0.717) is 31.6 Å². The number of benzene rings is 1. The molecule has 1 fully saturated rings. The average molecular weight is 460 g/mol. The van der Waals surface area contributed by atoms with Crippen molar-refractivity contribution < 1.29 is 9.59 Å². The third-order valence-electron chi connectivity index (χ3n) is 7.21. The highest BCUT2D eigenvalue weighted by Crippen LogP contribution is 2.41. The van der Waals surface area contributed by atoms with Gasteiger partial charge in [0.25, 0.3) is 5.91 Å². The molecule has 0 atom stereocenters. The summed E-state index contributed by atoms with van der Waals surface area (Å²) in [6, 6.07) is 6.04. The molecule has 0 radical (unpaired) electrons. The predicted molar refractivity (Wildman–Crippen MR) is 134 cm³/mol. The number of allylic oxidation sites excluding steroid dienone is 2. The van der Waals surface area contributed by atoms with Gasteiger partial charge in [0, 0.05) is 36.8 Å². The van der Waals surface area contributed by atoms with E-state index in [1.807, 2.05) is 17.0 Å². The Morgan fingerprint density at radius 2 is 1.97 bits per heavy atom. The first-order chi connectivity index (χ1) is 16.1. The molecule has 2 aliphatic rings. The number of amides is 2. The number of carbonyl (C=O) groups excluding carboxylic acids is 2. The fourth-order valence-electron chi connectivity index (χ4n) is 4.75. The molecule has 0 saturated carbocycles. The number of terminal acetylenes is 1. The number of nitrogens with one attached hydrogen (secondary N) is 2. The molecule has 0 spiro atoms. The maximum absolute atomic E-state index is 12.9. The number of H-pyrrole nitrogens is 1. The van der Waals surface area contributed by atoms with Crippen molar-refractivity contribution in [3.8, 4) is 12.3 Å². The first-order valence-corrected chi connectivity index (χ1v) is 11.8. The van der Waals surface area contributed by atoms with E-state index in [9.17, 15) is 9.59 Å². The van der Waals surface area contributed by atoms with Gasteiger partial charge in [-0.3, -0.25) is 9.59 Å². The minimum Gasteiger partial charge on any atom is -0.343 e. The second-order valence-corrected chi connectivity index (χ2v) is 10.3. The standard InChI is InChI=1S/C27H33N5O2/c1-5-21-17-29-24(30-21)25(34)31-23-7-6-20(27(28)12-14-32(15-13-27)18(2)33)16-22(23)19-8-10-26(3,4)11-9-19/h1,6-8,16-17H,9-15,28H2,2-4H3,(H,29,30)(H,31,34). The molecule has 1 aliphatic heterocycles. The molecule has 7 heteroatoms. The number of piperidine rings is 1. The molecule has 4 rings (SSSR count). The topological polar surface area (TPSA) is 104 Å². The van der Waals surface area contributed by atoms with Gasteiger partial charge in [0.2, 0.25) is 5.91 Å². The molecule has 4 N–H and O–H groups in total. The minimum atomic E-state index is -0.513. The van der Waals surface area contributed by atoms with Gasteiger partial charge in [-0.05, 0) is 60.8 Å². The van der Waals surface area contributed by atoms with E-state index in [1.54, 1.807) is 6.92 Å². The molecular weight excluding hydrogens is 426 g/mol. The Morgan fingerprint density at radius 3 is 2.56 bits per heavy atom. The number of carbonyl (C=O) groups is 2. The number of rotatable bonds is 4. The predicted octanol–water partition coefficient (Wildman–Crippen LogP) is 4.03. The number of nitrogens with zero attached hydrogens (tertiary/aromatic N) is 2. The van der Waals surface area contributed by atoms with E-state index in [1.165, 1.54) is 11.8 Å². The van der Waals surface area contributed by atoms with Crippen LogP contribution in [0.2, 0.25) is 0 Å².